The van der Waals surface area contributed by atoms with Crippen LogP contribution >= 0.6 is 0 Å². The van der Waals surface area contributed by atoms with Gasteiger partial charge < -0.3 is 15.1 Å². The first-order chi connectivity index (χ1) is 16.1. The maximum atomic E-state index is 13.1. The number of aromatic nitrogens is 2. The lowest BCUT2D eigenvalue weighted by Crippen LogP contribution is -2.45. The van der Waals surface area contributed by atoms with E-state index in [0.717, 1.165) is 56.1 Å². The van der Waals surface area contributed by atoms with Gasteiger partial charge in [0.1, 0.15) is 5.82 Å². The molecule has 1 fully saturated rings. The molecule has 2 aliphatic heterocycles. The van der Waals surface area contributed by atoms with Crippen molar-refractivity contribution in [1.82, 2.24) is 19.4 Å². The molecule has 0 bridgehead atoms. The molecule has 2 aliphatic rings. The fourth-order valence-electron chi connectivity index (χ4n) is 4.54. The summed E-state index contributed by atoms with van der Waals surface area (Å²) in [5, 5.41) is 3.56. The van der Waals surface area contributed by atoms with Crippen molar-refractivity contribution < 1.29 is 4.79 Å². The minimum absolute atomic E-state index is 0.0178. The molecule has 1 aromatic heterocycles. The molecule has 5 rings (SSSR count). The van der Waals surface area contributed by atoms with Gasteiger partial charge in [-0.2, -0.15) is 0 Å². The van der Waals surface area contributed by atoms with Gasteiger partial charge in [0.05, 0.1) is 10.9 Å². The molecule has 0 saturated carbocycles. The summed E-state index contributed by atoms with van der Waals surface area (Å²) in [4.78, 5) is 35.0. The number of allylic oxidation sites excluding steroid dienone is 1. The van der Waals surface area contributed by atoms with Crippen molar-refractivity contribution in [3.05, 3.63) is 70.3 Å². The summed E-state index contributed by atoms with van der Waals surface area (Å²) in [6, 6.07) is 15.5. The van der Waals surface area contributed by atoms with Gasteiger partial charge in [0, 0.05) is 51.4 Å². The van der Waals surface area contributed by atoms with Crippen LogP contribution in [0.3, 0.4) is 0 Å². The van der Waals surface area contributed by atoms with Crippen LogP contribution in [0.25, 0.3) is 22.6 Å². The predicted octanol–water partition coefficient (Wildman–Crippen LogP) is 2.92. The molecule has 3 heterocycles. The van der Waals surface area contributed by atoms with Crippen molar-refractivity contribution in [1.29, 1.82) is 0 Å². The van der Waals surface area contributed by atoms with Gasteiger partial charge >= 0.3 is 0 Å². The SMILES string of the molecule is CN1CCN(CCC(=O)Nc2ccc3c(=O)n4c(nc3c2)C(=Cc2ccccc2)CC4)CC1. The van der Waals surface area contributed by atoms with Crippen LogP contribution in [0.15, 0.2) is 53.3 Å². The first-order valence-corrected chi connectivity index (χ1v) is 11.6. The molecule has 0 aliphatic carbocycles. The molecule has 0 spiro atoms. The molecular weight excluding hydrogens is 414 g/mol. The van der Waals surface area contributed by atoms with Gasteiger partial charge in [0.2, 0.25) is 5.91 Å². The highest BCUT2D eigenvalue weighted by molar-refractivity contribution is 5.94. The Labute approximate surface area is 193 Å². The van der Waals surface area contributed by atoms with E-state index in [1.165, 1.54) is 0 Å². The zero-order valence-electron chi connectivity index (χ0n) is 19.0. The summed E-state index contributed by atoms with van der Waals surface area (Å²) in [5.41, 5.74) is 3.41. The van der Waals surface area contributed by atoms with Crippen LogP contribution < -0.4 is 10.9 Å². The highest BCUT2D eigenvalue weighted by atomic mass is 16.1. The molecule has 1 saturated heterocycles. The van der Waals surface area contributed by atoms with Gasteiger partial charge in [0.25, 0.3) is 5.56 Å². The molecule has 1 N–H and O–H groups in total. The van der Waals surface area contributed by atoms with Crippen LogP contribution in [-0.2, 0) is 11.3 Å². The van der Waals surface area contributed by atoms with Gasteiger partial charge in [-0.25, -0.2) is 4.98 Å². The van der Waals surface area contributed by atoms with Gasteiger partial charge in [-0.05, 0) is 48.9 Å². The third-order valence-corrected chi connectivity index (χ3v) is 6.52. The summed E-state index contributed by atoms with van der Waals surface area (Å²) in [7, 11) is 2.12. The van der Waals surface area contributed by atoms with E-state index in [0.29, 0.717) is 29.6 Å². The average molecular weight is 444 g/mol. The maximum Gasteiger partial charge on any atom is 0.261 e. The van der Waals surface area contributed by atoms with Crippen LogP contribution in [0, 0.1) is 0 Å². The smallest absolute Gasteiger partial charge is 0.261 e. The third-order valence-electron chi connectivity index (χ3n) is 6.52. The summed E-state index contributed by atoms with van der Waals surface area (Å²) in [6.07, 6.45) is 3.33. The number of amides is 1. The van der Waals surface area contributed by atoms with Crippen LogP contribution in [-0.4, -0.2) is 65.0 Å². The number of benzene rings is 2. The van der Waals surface area contributed by atoms with Crippen molar-refractivity contribution >= 4 is 34.1 Å². The van der Waals surface area contributed by atoms with Crippen molar-refractivity contribution in [3.63, 3.8) is 0 Å². The minimum Gasteiger partial charge on any atom is -0.326 e. The fourth-order valence-corrected chi connectivity index (χ4v) is 4.54. The summed E-state index contributed by atoms with van der Waals surface area (Å²) in [5.74, 6) is 0.700. The Hall–Kier alpha value is -3.29. The summed E-state index contributed by atoms with van der Waals surface area (Å²) < 4.78 is 1.76. The standard InChI is InChI=1S/C26H29N5O2/c1-29-13-15-30(16-14-29)11-10-24(32)27-21-7-8-22-23(18-21)28-25-20(9-12-31(25)26(22)33)17-19-5-3-2-4-6-19/h2-8,17-18H,9-16H2,1H3,(H,27,32). The monoisotopic (exact) mass is 443 g/mol. The molecular formula is C26H29N5O2. The van der Waals surface area contributed by atoms with Gasteiger partial charge in [-0.3, -0.25) is 14.2 Å². The third kappa shape index (κ3) is 4.74. The van der Waals surface area contributed by atoms with Crippen molar-refractivity contribution in [2.75, 3.05) is 45.1 Å². The van der Waals surface area contributed by atoms with Crippen LogP contribution in [0.1, 0.15) is 24.2 Å². The predicted molar refractivity (Wildman–Crippen MR) is 132 cm³/mol. The second-order valence-corrected chi connectivity index (χ2v) is 8.90. The highest BCUT2D eigenvalue weighted by Crippen LogP contribution is 2.28. The van der Waals surface area contributed by atoms with Crippen molar-refractivity contribution in [3.8, 4) is 0 Å². The fraction of sp³-hybridized carbons (Fsp3) is 0.346. The first-order valence-electron chi connectivity index (χ1n) is 11.6. The zero-order valence-corrected chi connectivity index (χ0v) is 19.0. The van der Waals surface area contributed by atoms with E-state index < -0.39 is 0 Å². The topological polar surface area (TPSA) is 70.5 Å². The quantitative estimate of drug-likeness (QED) is 0.657. The number of nitrogens with zero attached hydrogens (tertiary/aromatic N) is 4. The van der Waals surface area contributed by atoms with E-state index in [4.69, 9.17) is 4.98 Å². The zero-order chi connectivity index (χ0) is 22.8. The molecule has 7 nitrogen and oxygen atoms in total. The van der Waals surface area contributed by atoms with Gasteiger partial charge in [0.15, 0.2) is 0 Å². The lowest BCUT2D eigenvalue weighted by molar-refractivity contribution is -0.116. The average Bonchev–Trinajstić information content (AvgIpc) is 3.22. The Balaban J connectivity index is 1.34. The lowest BCUT2D eigenvalue weighted by atomic mass is 10.1. The molecule has 7 heteroatoms. The van der Waals surface area contributed by atoms with Crippen LogP contribution in [0.5, 0.6) is 0 Å². The van der Waals surface area contributed by atoms with E-state index in [1.807, 2.05) is 36.4 Å². The van der Waals surface area contributed by atoms with E-state index in [2.05, 4.69) is 28.2 Å². The van der Waals surface area contributed by atoms with Crippen LogP contribution in [0.4, 0.5) is 5.69 Å². The van der Waals surface area contributed by atoms with Crippen molar-refractivity contribution in [2.24, 2.45) is 0 Å². The number of hydrogen-bond acceptors (Lipinski definition) is 5. The Bertz CT molecular complexity index is 1260. The largest absolute Gasteiger partial charge is 0.326 e. The second kappa shape index (κ2) is 9.29. The van der Waals surface area contributed by atoms with Crippen LogP contribution in [0.2, 0.25) is 0 Å². The molecule has 2 aromatic carbocycles. The Morgan fingerprint density at radius 3 is 2.64 bits per heavy atom. The first kappa shape index (κ1) is 21.6. The second-order valence-electron chi connectivity index (χ2n) is 8.90. The van der Waals surface area contributed by atoms with Gasteiger partial charge in [-0.1, -0.05) is 30.3 Å². The van der Waals surface area contributed by atoms with Crippen molar-refractivity contribution in [2.45, 2.75) is 19.4 Å². The molecule has 0 atom stereocenters. The number of rotatable bonds is 5. The number of anilines is 1. The maximum absolute atomic E-state index is 13.1. The summed E-state index contributed by atoms with van der Waals surface area (Å²) in [6.45, 7) is 5.47. The molecule has 1 amide bonds. The number of fused-ring (bicyclic) bond motifs is 2. The molecule has 3 aromatic rings. The summed E-state index contributed by atoms with van der Waals surface area (Å²) >= 11 is 0. The number of carbonyl (C=O) groups is 1. The van der Waals surface area contributed by atoms with E-state index in [9.17, 15) is 9.59 Å². The Morgan fingerprint density at radius 2 is 1.85 bits per heavy atom. The van der Waals surface area contributed by atoms with E-state index >= 15 is 0 Å². The number of nitrogens with one attached hydrogen (secondary N) is 1. The normalized spacial score (nSPS) is 18.0. The lowest BCUT2D eigenvalue weighted by Gasteiger charge is -2.32. The Morgan fingerprint density at radius 1 is 1.06 bits per heavy atom. The van der Waals surface area contributed by atoms with Gasteiger partial charge in [-0.15, -0.1) is 0 Å². The number of carbonyl (C=O) groups excluding carboxylic acids is 1. The molecule has 0 unspecified atom stereocenters. The number of hydrogen-bond donors (Lipinski definition) is 1. The highest BCUT2D eigenvalue weighted by Gasteiger charge is 2.21. The molecule has 0 radical (unpaired) electrons. The van der Waals surface area contributed by atoms with E-state index in [-0.39, 0.29) is 11.5 Å². The minimum atomic E-state index is -0.0283. The van der Waals surface area contributed by atoms with E-state index in [1.54, 1.807) is 16.7 Å². The molecule has 33 heavy (non-hydrogen) atoms. The molecule has 170 valence electrons. The Kier molecular flexibility index (Phi) is 6.07. The number of piperazine rings is 1. The number of likely N-dealkylation sites (N-methyl/N-ethyl adjacent to an activating group) is 1.